The van der Waals surface area contributed by atoms with E-state index >= 15 is 0 Å². The molecule has 5 heteroatoms. The second-order valence-corrected chi connectivity index (χ2v) is 6.03. The van der Waals surface area contributed by atoms with Crippen LogP contribution < -0.4 is 0 Å². The monoisotopic (exact) mass is 310 g/mol. The molecule has 0 saturated heterocycles. The predicted molar refractivity (Wildman–Crippen MR) is 87.9 cm³/mol. The number of fused-ring (bicyclic) bond motifs is 1. The minimum absolute atomic E-state index is 0.244. The van der Waals surface area contributed by atoms with Crippen LogP contribution in [0.1, 0.15) is 12.1 Å². The van der Waals surface area contributed by atoms with E-state index < -0.39 is 0 Å². The number of aromatic nitrogens is 2. The van der Waals surface area contributed by atoms with Gasteiger partial charge < -0.3 is 9.84 Å². The van der Waals surface area contributed by atoms with Crippen LogP contribution in [0.3, 0.4) is 0 Å². The number of hydrogen-bond donors (Lipinski definition) is 1. The third-order valence-electron chi connectivity index (χ3n) is 3.72. The third-order valence-corrected chi connectivity index (χ3v) is 4.52. The minimum atomic E-state index is 0.244. The minimum Gasteiger partial charge on any atom is -0.508 e. The molecule has 0 spiro atoms. The molecule has 4 nitrogen and oxygen atoms in total. The third kappa shape index (κ3) is 2.38. The van der Waals surface area contributed by atoms with Gasteiger partial charge in [-0.1, -0.05) is 6.08 Å². The van der Waals surface area contributed by atoms with Crippen LogP contribution in [-0.2, 0) is 4.74 Å². The number of ether oxygens (including phenoxy) is 1. The van der Waals surface area contributed by atoms with Crippen molar-refractivity contribution in [3.8, 4) is 17.1 Å². The van der Waals surface area contributed by atoms with Crippen molar-refractivity contribution in [1.29, 1.82) is 0 Å². The average Bonchev–Trinajstić information content (AvgIpc) is 3.04. The molecule has 1 aliphatic rings. The standard InChI is InChI=1S/C17H14N2O2S/c20-13-3-1-12(2-4-13)16-18-15(11-5-8-21-9-6-11)14-7-10-22-17(14)19-16/h1-5,7,10,20H,6,8-9H2. The summed E-state index contributed by atoms with van der Waals surface area (Å²) in [5, 5.41) is 12.6. The van der Waals surface area contributed by atoms with E-state index in [2.05, 4.69) is 17.1 Å². The Morgan fingerprint density at radius 2 is 1.95 bits per heavy atom. The van der Waals surface area contributed by atoms with Gasteiger partial charge in [0.15, 0.2) is 5.82 Å². The van der Waals surface area contributed by atoms with Crippen molar-refractivity contribution >= 4 is 27.1 Å². The highest BCUT2D eigenvalue weighted by molar-refractivity contribution is 7.16. The molecule has 22 heavy (non-hydrogen) atoms. The van der Waals surface area contributed by atoms with Crippen LogP contribution in [0.15, 0.2) is 41.8 Å². The van der Waals surface area contributed by atoms with E-state index in [9.17, 15) is 5.11 Å². The highest BCUT2D eigenvalue weighted by Gasteiger charge is 2.15. The van der Waals surface area contributed by atoms with Crippen LogP contribution in [-0.4, -0.2) is 28.3 Å². The molecule has 0 aliphatic carbocycles. The molecule has 0 bridgehead atoms. The Hall–Kier alpha value is -2.24. The molecule has 0 saturated carbocycles. The van der Waals surface area contributed by atoms with Crippen molar-refractivity contribution in [1.82, 2.24) is 9.97 Å². The summed E-state index contributed by atoms with van der Waals surface area (Å²) in [6.45, 7) is 1.37. The number of phenolic OH excluding ortho intramolecular Hbond substituents is 1. The first-order valence-electron chi connectivity index (χ1n) is 7.13. The van der Waals surface area contributed by atoms with Gasteiger partial charge in [-0.05, 0) is 47.7 Å². The molecule has 3 aromatic rings. The first kappa shape index (κ1) is 13.4. The van der Waals surface area contributed by atoms with Gasteiger partial charge in [-0.3, -0.25) is 0 Å². The van der Waals surface area contributed by atoms with E-state index in [1.54, 1.807) is 23.5 Å². The maximum absolute atomic E-state index is 9.44. The Bertz CT molecular complexity index is 853. The summed E-state index contributed by atoms with van der Waals surface area (Å²) in [4.78, 5) is 10.4. The highest BCUT2D eigenvalue weighted by Crippen LogP contribution is 2.31. The average molecular weight is 310 g/mol. The maximum atomic E-state index is 9.44. The van der Waals surface area contributed by atoms with Crippen LogP contribution >= 0.6 is 11.3 Å². The van der Waals surface area contributed by atoms with Gasteiger partial charge in [-0.15, -0.1) is 11.3 Å². The van der Waals surface area contributed by atoms with Crippen molar-refractivity contribution in [3.63, 3.8) is 0 Å². The molecule has 3 heterocycles. The fourth-order valence-corrected chi connectivity index (χ4v) is 3.35. The molecule has 1 N–H and O–H groups in total. The molecule has 2 aromatic heterocycles. The quantitative estimate of drug-likeness (QED) is 0.780. The Labute approximate surface area is 131 Å². The molecule has 0 unspecified atom stereocenters. The van der Waals surface area contributed by atoms with Gasteiger partial charge in [-0.2, -0.15) is 0 Å². The predicted octanol–water partition coefficient (Wildman–Crippen LogP) is 3.87. The van der Waals surface area contributed by atoms with Gasteiger partial charge in [0, 0.05) is 10.9 Å². The van der Waals surface area contributed by atoms with Gasteiger partial charge >= 0.3 is 0 Å². The largest absolute Gasteiger partial charge is 0.508 e. The zero-order chi connectivity index (χ0) is 14.9. The van der Waals surface area contributed by atoms with Gasteiger partial charge in [0.2, 0.25) is 0 Å². The van der Waals surface area contributed by atoms with E-state index in [0.29, 0.717) is 12.4 Å². The number of phenols is 1. The molecular weight excluding hydrogens is 296 g/mol. The van der Waals surface area contributed by atoms with Crippen molar-refractivity contribution < 1.29 is 9.84 Å². The normalized spacial score (nSPS) is 15.0. The lowest BCUT2D eigenvalue weighted by molar-refractivity contribution is 0.161. The van der Waals surface area contributed by atoms with Crippen LogP contribution in [0.4, 0.5) is 0 Å². The number of thiophene rings is 1. The van der Waals surface area contributed by atoms with E-state index in [0.717, 1.165) is 34.5 Å². The summed E-state index contributed by atoms with van der Waals surface area (Å²) in [5.74, 6) is 0.936. The zero-order valence-corrected chi connectivity index (χ0v) is 12.6. The smallest absolute Gasteiger partial charge is 0.161 e. The van der Waals surface area contributed by atoms with E-state index in [1.165, 1.54) is 5.57 Å². The number of rotatable bonds is 2. The second kappa shape index (κ2) is 5.51. The van der Waals surface area contributed by atoms with Gasteiger partial charge in [0.05, 0.1) is 18.9 Å². The van der Waals surface area contributed by atoms with Crippen molar-refractivity contribution in [2.24, 2.45) is 0 Å². The molecule has 1 aromatic carbocycles. The number of nitrogens with zero attached hydrogens (tertiary/aromatic N) is 2. The van der Waals surface area contributed by atoms with Crippen LogP contribution in [0.2, 0.25) is 0 Å². The fourth-order valence-electron chi connectivity index (χ4n) is 2.58. The zero-order valence-electron chi connectivity index (χ0n) is 11.8. The van der Waals surface area contributed by atoms with E-state index in [-0.39, 0.29) is 5.75 Å². The summed E-state index contributed by atoms with van der Waals surface area (Å²) in [7, 11) is 0. The Morgan fingerprint density at radius 3 is 2.73 bits per heavy atom. The maximum Gasteiger partial charge on any atom is 0.161 e. The topological polar surface area (TPSA) is 55.2 Å². The van der Waals surface area contributed by atoms with Crippen molar-refractivity contribution in [2.45, 2.75) is 6.42 Å². The fraction of sp³-hybridized carbons (Fsp3) is 0.176. The number of benzene rings is 1. The number of hydrogen-bond acceptors (Lipinski definition) is 5. The van der Waals surface area contributed by atoms with E-state index in [1.807, 2.05) is 17.5 Å². The Morgan fingerprint density at radius 1 is 1.09 bits per heavy atom. The lowest BCUT2D eigenvalue weighted by Crippen LogP contribution is -2.06. The van der Waals surface area contributed by atoms with Crippen LogP contribution in [0, 0.1) is 0 Å². The molecule has 0 radical (unpaired) electrons. The SMILES string of the molecule is Oc1ccc(-c2nc(C3=CCOCC3)c3ccsc3n2)cc1. The lowest BCUT2D eigenvalue weighted by atomic mass is 10.0. The van der Waals surface area contributed by atoms with Crippen LogP contribution in [0.5, 0.6) is 5.75 Å². The van der Waals surface area contributed by atoms with Crippen molar-refractivity contribution in [3.05, 3.63) is 47.5 Å². The van der Waals surface area contributed by atoms with Crippen LogP contribution in [0.25, 0.3) is 27.2 Å². The van der Waals surface area contributed by atoms with Gasteiger partial charge in [-0.25, -0.2) is 9.97 Å². The summed E-state index contributed by atoms with van der Waals surface area (Å²) in [6.07, 6.45) is 2.97. The summed E-state index contributed by atoms with van der Waals surface area (Å²) in [6, 6.07) is 9.07. The summed E-state index contributed by atoms with van der Waals surface area (Å²) in [5.41, 5.74) is 3.12. The molecule has 4 rings (SSSR count). The van der Waals surface area contributed by atoms with Gasteiger partial charge in [0.1, 0.15) is 10.6 Å². The first-order valence-corrected chi connectivity index (χ1v) is 8.01. The van der Waals surface area contributed by atoms with E-state index in [4.69, 9.17) is 9.72 Å². The lowest BCUT2D eigenvalue weighted by Gasteiger charge is -2.14. The highest BCUT2D eigenvalue weighted by atomic mass is 32.1. The summed E-state index contributed by atoms with van der Waals surface area (Å²) >= 11 is 1.62. The molecule has 1 aliphatic heterocycles. The molecular formula is C17H14N2O2S. The first-order chi connectivity index (χ1) is 10.8. The van der Waals surface area contributed by atoms with Gasteiger partial charge in [0.25, 0.3) is 0 Å². The molecule has 110 valence electrons. The number of aromatic hydroxyl groups is 1. The van der Waals surface area contributed by atoms with Crippen molar-refractivity contribution in [2.75, 3.05) is 13.2 Å². The molecule has 0 amide bonds. The molecule has 0 fully saturated rings. The second-order valence-electron chi connectivity index (χ2n) is 5.14. The Kier molecular flexibility index (Phi) is 3.36. The summed E-state index contributed by atoms with van der Waals surface area (Å²) < 4.78 is 5.40. The Balaban J connectivity index is 1.90. The molecule has 0 atom stereocenters.